The van der Waals surface area contributed by atoms with Crippen LogP contribution in [0, 0.1) is 0 Å². The van der Waals surface area contributed by atoms with Gasteiger partial charge in [0.15, 0.2) is 0 Å². The summed E-state index contributed by atoms with van der Waals surface area (Å²) in [6.45, 7) is 5.68. The van der Waals surface area contributed by atoms with Crippen LogP contribution in [-0.4, -0.2) is 24.7 Å². The van der Waals surface area contributed by atoms with Crippen molar-refractivity contribution in [2.75, 3.05) is 13.6 Å². The Balaban J connectivity index is 2.30. The van der Waals surface area contributed by atoms with Crippen molar-refractivity contribution in [3.05, 3.63) is 16.1 Å². The smallest absolute Gasteiger partial charge is 0.0926 e. The van der Waals surface area contributed by atoms with Crippen LogP contribution in [0.4, 0.5) is 0 Å². The molecule has 14 heavy (non-hydrogen) atoms. The molecule has 0 bridgehead atoms. The van der Waals surface area contributed by atoms with Crippen molar-refractivity contribution >= 4 is 11.3 Å². The predicted octanol–water partition coefficient (Wildman–Crippen LogP) is 1.83. The summed E-state index contributed by atoms with van der Waals surface area (Å²) in [7, 11) is 1.93. The van der Waals surface area contributed by atoms with Crippen molar-refractivity contribution in [3.8, 4) is 0 Å². The van der Waals surface area contributed by atoms with E-state index in [9.17, 15) is 0 Å². The molecule has 1 heterocycles. The second-order valence-corrected chi connectivity index (χ2v) is 4.21. The topological polar surface area (TPSA) is 34.1 Å². The number of ether oxygens (including phenoxy) is 1. The lowest BCUT2D eigenvalue weighted by Crippen LogP contribution is -2.23. The minimum absolute atomic E-state index is 0.242. The standard InChI is InChI=1S/C10H18N2OS/c1-4-10-12-9(7-14-10)6-13-8(2)5-11-3/h7-8,11H,4-6H2,1-3H3. The van der Waals surface area contributed by atoms with Crippen LogP contribution in [0.25, 0.3) is 0 Å². The molecule has 0 saturated heterocycles. The van der Waals surface area contributed by atoms with E-state index in [4.69, 9.17) is 4.74 Å². The lowest BCUT2D eigenvalue weighted by Gasteiger charge is -2.10. The molecule has 0 radical (unpaired) electrons. The molecular formula is C10H18N2OS. The Morgan fingerprint density at radius 3 is 3.00 bits per heavy atom. The van der Waals surface area contributed by atoms with Gasteiger partial charge in [-0.05, 0) is 20.4 Å². The van der Waals surface area contributed by atoms with Gasteiger partial charge in [-0.15, -0.1) is 11.3 Å². The SMILES string of the molecule is CCc1nc(COC(C)CNC)cs1. The van der Waals surface area contributed by atoms with Gasteiger partial charge in [0.25, 0.3) is 0 Å². The highest BCUT2D eigenvalue weighted by atomic mass is 32.1. The van der Waals surface area contributed by atoms with Crippen molar-refractivity contribution < 1.29 is 4.74 Å². The quantitative estimate of drug-likeness (QED) is 0.784. The number of aromatic nitrogens is 1. The lowest BCUT2D eigenvalue weighted by molar-refractivity contribution is 0.0527. The molecule has 0 spiro atoms. The number of rotatable bonds is 6. The summed E-state index contributed by atoms with van der Waals surface area (Å²) in [4.78, 5) is 4.43. The highest BCUT2D eigenvalue weighted by molar-refractivity contribution is 7.09. The molecule has 80 valence electrons. The average Bonchev–Trinajstić information content (AvgIpc) is 2.63. The van der Waals surface area contributed by atoms with Gasteiger partial charge in [-0.25, -0.2) is 4.98 Å². The van der Waals surface area contributed by atoms with Crippen molar-refractivity contribution in [1.29, 1.82) is 0 Å². The highest BCUT2D eigenvalue weighted by Gasteiger charge is 2.03. The maximum atomic E-state index is 5.61. The number of thiazole rings is 1. The second kappa shape index (κ2) is 6.11. The van der Waals surface area contributed by atoms with Gasteiger partial charge >= 0.3 is 0 Å². The Bertz CT molecular complexity index is 262. The van der Waals surface area contributed by atoms with Gasteiger partial charge in [-0.1, -0.05) is 6.92 Å². The van der Waals surface area contributed by atoms with Crippen molar-refractivity contribution in [3.63, 3.8) is 0 Å². The van der Waals surface area contributed by atoms with E-state index < -0.39 is 0 Å². The van der Waals surface area contributed by atoms with Crippen LogP contribution in [0.1, 0.15) is 24.5 Å². The van der Waals surface area contributed by atoms with Crippen molar-refractivity contribution in [2.24, 2.45) is 0 Å². The molecule has 0 fully saturated rings. The van der Waals surface area contributed by atoms with Crippen LogP contribution in [0.2, 0.25) is 0 Å². The number of nitrogens with one attached hydrogen (secondary N) is 1. The molecule has 0 aromatic carbocycles. The molecule has 1 atom stereocenters. The molecule has 1 rings (SSSR count). The largest absolute Gasteiger partial charge is 0.371 e. The molecular weight excluding hydrogens is 196 g/mol. The Hall–Kier alpha value is -0.450. The third-order valence-electron chi connectivity index (χ3n) is 1.91. The Kier molecular flexibility index (Phi) is 5.07. The number of nitrogens with zero attached hydrogens (tertiary/aromatic N) is 1. The monoisotopic (exact) mass is 214 g/mol. The van der Waals surface area contributed by atoms with Gasteiger partial charge in [0, 0.05) is 11.9 Å². The molecule has 4 heteroatoms. The molecule has 1 N–H and O–H groups in total. The minimum atomic E-state index is 0.242. The van der Waals surface area contributed by atoms with Crippen LogP contribution < -0.4 is 5.32 Å². The Morgan fingerprint density at radius 2 is 2.43 bits per heavy atom. The summed E-state index contributed by atoms with van der Waals surface area (Å²) < 4.78 is 5.61. The average molecular weight is 214 g/mol. The predicted molar refractivity (Wildman–Crippen MR) is 59.7 cm³/mol. The first-order valence-corrected chi connectivity index (χ1v) is 5.83. The first kappa shape index (κ1) is 11.6. The Labute approximate surface area is 89.5 Å². The van der Waals surface area contributed by atoms with Gasteiger partial charge in [-0.2, -0.15) is 0 Å². The van der Waals surface area contributed by atoms with E-state index in [-0.39, 0.29) is 6.10 Å². The van der Waals surface area contributed by atoms with E-state index in [0.29, 0.717) is 6.61 Å². The molecule has 0 saturated carbocycles. The van der Waals surface area contributed by atoms with Crippen molar-refractivity contribution in [1.82, 2.24) is 10.3 Å². The van der Waals surface area contributed by atoms with E-state index in [2.05, 4.69) is 29.5 Å². The second-order valence-electron chi connectivity index (χ2n) is 3.27. The maximum absolute atomic E-state index is 5.61. The van der Waals surface area contributed by atoms with E-state index in [1.807, 2.05) is 7.05 Å². The fraction of sp³-hybridized carbons (Fsp3) is 0.700. The molecule has 0 aliphatic rings. The number of hydrogen-bond acceptors (Lipinski definition) is 4. The molecule has 1 aromatic rings. The molecule has 3 nitrogen and oxygen atoms in total. The van der Waals surface area contributed by atoms with E-state index in [1.54, 1.807) is 11.3 Å². The van der Waals surface area contributed by atoms with Gasteiger partial charge in [0.05, 0.1) is 23.4 Å². The van der Waals surface area contributed by atoms with Gasteiger partial charge in [-0.3, -0.25) is 0 Å². The third-order valence-corrected chi connectivity index (χ3v) is 2.95. The molecule has 0 amide bonds. The zero-order valence-corrected chi connectivity index (χ0v) is 9.86. The lowest BCUT2D eigenvalue weighted by atomic mass is 10.4. The summed E-state index contributed by atoms with van der Waals surface area (Å²) in [5, 5.41) is 6.34. The zero-order chi connectivity index (χ0) is 10.4. The summed E-state index contributed by atoms with van der Waals surface area (Å²) in [5.41, 5.74) is 1.05. The summed E-state index contributed by atoms with van der Waals surface area (Å²) in [6.07, 6.45) is 1.25. The fourth-order valence-electron chi connectivity index (χ4n) is 1.15. The third kappa shape index (κ3) is 3.74. The summed E-state index contributed by atoms with van der Waals surface area (Å²) in [6, 6.07) is 0. The van der Waals surface area contributed by atoms with E-state index in [0.717, 1.165) is 18.7 Å². The minimum Gasteiger partial charge on any atom is -0.371 e. The van der Waals surface area contributed by atoms with Gasteiger partial charge in [0.1, 0.15) is 0 Å². The van der Waals surface area contributed by atoms with Crippen LogP contribution >= 0.6 is 11.3 Å². The van der Waals surface area contributed by atoms with Gasteiger partial charge in [0.2, 0.25) is 0 Å². The zero-order valence-electron chi connectivity index (χ0n) is 9.04. The summed E-state index contributed by atoms with van der Waals surface area (Å²) in [5.74, 6) is 0. The molecule has 0 aliphatic carbocycles. The van der Waals surface area contributed by atoms with Crippen LogP contribution in [0.5, 0.6) is 0 Å². The summed E-state index contributed by atoms with van der Waals surface area (Å²) >= 11 is 1.71. The normalized spacial score (nSPS) is 13.1. The van der Waals surface area contributed by atoms with Gasteiger partial charge < -0.3 is 10.1 Å². The number of aryl methyl sites for hydroxylation is 1. The van der Waals surface area contributed by atoms with Crippen molar-refractivity contribution in [2.45, 2.75) is 33.0 Å². The first-order valence-electron chi connectivity index (χ1n) is 4.95. The number of hydrogen-bond donors (Lipinski definition) is 1. The Morgan fingerprint density at radius 1 is 1.64 bits per heavy atom. The van der Waals surface area contributed by atoms with Crippen LogP contribution in [0.15, 0.2) is 5.38 Å². The molecule has 1 aromatic heterocycles. The molecule has 1 unspecified atom stereocenters. The van der Waals surface area contributed by atoms with Crippen LogP contribution in [-0.2, 0) is 17.8 Å². The highest BCUT2D eigenvalue weighted by Crippen LogP contribution is 2.11. The maximum Gasteiger partial charge on any atom is 0.0926 e. The number of likely N-dealkylation sites (N-methyl/N-ethyl adjacent to an activating group) is 1. The molecule has 0 aliphatic heterocycles. The fourth-order valence-corrected chi connectivity index (χ4v) is 1.88. The first-order chi connectivity index (χ1) is 6.76. The van der Waals surface area contributed by atoms with E-state index in [1.165, 1.54) is 5.01 Å². The van der Waals surface area contributed by atoms with E-state index >= 15 is 0 Å². The van der Waals surface area contributed by atoms with Crippen LogP contribution in [0.3, 0.4) is 0 Å².